The predicted molar refractivity (Wildman–Crippen MR) is 106 cm³/mol. The number of carbonyl (C=O) groups is 2. The van der Waals surface area contributed by atoms with Crippen molar-refractivity contribution in [3.05, 3.63) is 108 Å². The number of pyridine rings is 1. The number of hydrogen-bond acceptors (Lipinski definition) is 3. The molecular formula is C23H16N2O2. The zero-order chi connectivity index (χ0) is 18.6. The van der Waals surface area contributed by atoms with E-state index in [-0.39, 0.29) is 11.7 Å². The van der Waals surface area contributed by atoms with Gasteiger partial charge in [0.25, 0.3) is 5.91 Å². The molecule has 3 aromatic carbocycles. The Labute approximate surface area is 156 Å². The third kappa shape index (κ3) is 3.60. The summed E-state index contributed by atoms with van der Waals surface area (Å²) in [5.41, 5.74) is 2.77. The molecule has 0 atom stereocenters. The van der Waals surface area contributed by atoms with Crippen LogP contribution in [-0.2, 0) is 0 Å². The maximum Gasteiger partial charge on any atom is 0.274 e. The van der Waals surface area contributed by atoms with Crippen molar-refractivity contribution in [2.24, 2.45) is 0 Å². The molecule has 0 fully saturated rings. The van der Waals surface area contributed by atoms with E-state index >= 15 is 0 Å². The van der Waals surface area contributed by atoms with Crippen molar-refractivity contribution < 1.29 is 9.59 Å². The Morgan fingerprint density at radius 1 is 0.704 bits per heavy atom. The van der Waals surface area contributed by atoms with Crippen LogP contribution in [0.25, 0.3) is 10.9 Å². The average molecular weight is 352 g/mol. The van der Waals surface area contributed by atoms with E-state index in [0.29, 0.717) is 22.5 Å². The fourth-order valence-corrected chi connectivity index (χ4v) is 2.88. The Morgan fingerprint density at radius 2 is 1.44 bits per heavy atom. The maximum atomic E-state index is 12.6. The molecular weight excluding hydrogens is 336 g/mol. The van der Waals surface area contributed by atoms with Crippen LogP contribution in [0.15, 0.2) is 91.0 Å². The van der Waals surface area contributed by atoms with Crippen molar-refractivity contribution in [1.82, 2.24) is 4.98 Å². The van der Waals surface area contributed by atoms with E-state index in [1.165, 1.54) is 0 Å². The number of rotatable bonds is 4. The highest BCUT2D eigenvalue weighted by atomic mass is 16.2. The third-order valence-electron chi connectivity index (χ3n) is 4.25. The molecule has 0 aliphatic heterocycles. The Morgan fingerprint density at radius 3 is 2.30 bits per heavy atom. The summed E-state index contributed by atoms with van der Waals surface area (Å²) in [5, 5.41) is 3.79. The van der Waals surface area contributed by atoms with Crippen molar-refractivity contribution in [1.29, 1.82) is 0 Å². The number of aromatic nitrogens is 1. The molecule has 1 N–H and O–H groups in total. The Kier molecular flexibility index (Phi) is 4.45. The third-order valence-corrected chi connectivity index (χ3v) is 4.25. The van der Waals surface area contributed by atoms with Gasteiger partial charge in [-0.15, -0.1) is 0 Å². The molecule has 1 amide bonds. The van der Waals surface area contributed by atoms with Gasteiger partial charge in [0.05, 0.1) is 5.52 Å². The van der Waals surface area contributed by atoms with Crippen LogP contribution >= 0.6 is 0 Å². The van der Waals surface area contributed by atoms with E-state index in [0.717, 1.165) is 10.9 Å². The van der Waals surface area contributed by atoms with E-state index in [4.69, 9.17) is 0 Å². The Balaban J connectivity index is 1.57. The number of nitrogens with zero attached hydrogens (tertiary/aromatic N) is 1. The number of hydrogen-bond donors (Lipinski definition) is 1. The monoisotopic (exact) mass is 352 g/mol. The second-order valence-electron chi connectivity index (χ2n) is 6.12. The molecule has 1 aromatic heterocycles. The lowest BCUT2D eigenvalue weighted by atomic mass is 10.0. The summed E-state index contributed by atoms with van der Waals surface area (Å²) >= 11 is 0. The largest absolute Gasteiger partial charge is 0.321 e. The standard InChI is InChI=1S/C23H16N2O2/c26-22(17-8-2-1-3-9-17)18-10-6-11-19(15-18)24-23(27)21-14-13-16-7-4-5-12-20(16)25-21/h1-15H,(H,24,27). The quantitative estimate of drug-likeness (QED) is 0.541. The number of nitrogens with one attached hydrogen (secondary N) is 1. The van der Waals surface area contributed by atoms with Gasteiger partial charge >= 0.3 is 0 Å². The van der Waals surface area contributed by atoms with Gasteiger partial charge in [0, 0.05) is 22.2 Å². The van der Waals surface area contributed by atoms with Gasteiger partial charge in [0.2, 0.25) is 0 Å². The molecule has 4 aromatic rings. The van der Waals surface area contributed by atoms with Gasteiger partial charge in [-0.3, -0.25) is 9.59 Å². The molecule has 4 heteroatoms. The zero-order valence-electron chi connectivity index (χ0n) is 14.4. The van der Waals surface area contributed by atoms with E-state index in [9.17, 15) is 9.59 Å². The first-order valence-electron chi connectivity index (χ1n) is 8.58. The molecule has 0 aliphatic carbocycles. The van der Waals surface area contributed by atoms with Crippen LogP contribution < -0.4 is 5.32 Å². The first-order valence-corrected chi connectivity index (χ1v) is 8.58. The van der Waals surface area contributed by atoms with Crippen LogP contribution in [0.5, 0.6) is 0 Å². The predicted octanol–water partition coefficient (Wildman–Crippen LogP) is 4.72. The smallest absolute Gasteiger partial charge is 0.274 e. The van der Waals surface area contributed by atoms with Gasteiger partial charge in [-0.2, -0.15) is 0 Å². The molecule has 130 valence electrons. The summed E-state index contributed by atoms with van der Waals surface area (Å²) < 4.78 is 0. The molecule has 0 radical (unpaired) electrons. The highest BCUT2D eigenvalue weighted by molar-refractivity contribution is 6.10. The number of para-hydroxylation sites is 1. The summed E-state index contributed by atoms with van der Waals surface area (Å²) in [4.78, 5) is 29.5. The lowest BCUT2D eigenvalue weighted by Crippen LogP contribution is -2.14. The second-order valence-corrected chi connectivity index (χ2v) is 6.12. The van der Waals surface area contributed by atoms with Crippen LogP contribution in [0.4, 0.5) is 5.69 Å². The van der Waals surface area contributed by atoms with Crippen LogP contribution in [0, 0.1) is 0 Å². The molecule has 0 bridgehead atoms. The van der Waals surface area contributed by atoms with E-state index < -0.39 is 0 Å². The summed E-state index contributed by atoms with van der Waals surface area (Å²) in [6.07, 6.45) is 0. The number of benzene rings is 3. The number of carbonyl (C=O) groups excluding carboxylic acids is 2. The first kappa shape index (κ1) is 16.7. The van der Waals surface area contributed by atoms with Crippen molar-refractivity contribution in [2.45, 2.75) is 0 Å². The summed E-state index contributed by atoms with van der Waals surface area (Å²) in [6.45, 7) is 0. The molecule has 27 heavy (non-hydrogen) atoms. The fraction of sp³-hybridized carbons (Fsp3) is 0. The topological polar surface area (TPSA) is 59.1 Å². The highest BCUT2D eigenvalue weighted by Gasteiger charge is 2.12. The molecule has 0 aliphatic rings. The summed E-state index contributed by atoms with van der Waals surface area (Å²) in [7, 11) is 0. The van der Waals surface area contributed by atoms with Gasteiger partial charge in [-0.25, -0.2) is 4.98 Å². The van der Waals surface area contributed by atoms with Crippen molar-refractivity contribution in [3.8, 4) is 0 Å². The SMILES string of the molecule is O=C(c1ccccc1)c1cccc(NC(=O)c2ccc3ccccc3n2)c1. The summed E-state index contributed by atoms with van der Waals surface area (Å²) in [5.74, 6) is -0.402. The Bertz CT molecular complexity index is 1140. The van der Waals surface area contributed by atoms with Gasteiger partial charge in [0.15, 0.2) is 5.78 Å². The molecule has 0 unspecified atom stereocenters. The molecule has 1 heterocycles. The minimum atomic E-state index is -0.315. The fourth-order valence-electron chi connectivity index (χ4n) is 2.88. The van der Waals surface area contributed by atoms with Crippen LogP contribution in [0.1, 0.15) is 26.4 Å². The first-order chi connectivity index (χ1) is 13.2. The van der Waals surface area contributed by atoms with Crippen LogP contribution in [0.3, 0.4) is 0 Å². The normalized spacial score (nSPS) is 10.5. The highest BCUT2D eigenvalue weighted by Crippen LogP contribution is 2.17. The molecule has 4 rings (SSSR count). The molecule has 0 saturated carbocycles. The molecule has 4 nitrogen and oxygen atoms in total. The molecule has 0 saturated heterocycles. The van der Waals surface area contributed by atoms with Crippen molar-refractivity contribution in [2.75, 3.05) is 5.32 Å². The number of fused-ring (bicyclic) bond motifs is 1. The summed E-state index contributed by atoms with van der Waals surface area (Å²) in [6, 6.07) is 27.2. The van der Waals surface area contributed by atoms with Gasteiger partial charge in [0.1, 0.15) is 5.69 Å². The molecule has 0 spiro atoms. The zero-order valence-corrected chi connectivity index (χ0v) is 14.4. The average Bonchev–Trinajstić information content (AvgIpc) is 2.73. The van der Waals surface area contributed by atoms with Crippen molar-refractivity contribution >= 4 is 28.3 Å². The Hall–Kier alpha value is -3.79. The van der Waals surface area contributed by atoms with E-state index in [1.807, 2.05) is 48.5 Å². The minimum absolute atomic E-state index is 0.0875. The van der Waals surface area contributed by atoms with Gasteiger partial charge in [-0.05, 0) is 24.3 Å². The van der Waals surface area contributed by atoms with E-state index in [1.54, 1.807) is 42.5 Å². The lowest BCUT2D eigenvalue weighted by Gasteiger charge is -2.08. The van der Waals surface area contributed by atoms with Gasteiger partial charge < -0.3 is 5.32 Å². The maximum absolute atomic E-state index is 12.6. The number of ketones is 1. The van der Waals surface area contributed by atoms with Gasteiger partial charge in [-0.1, -0.05) is 66.7 Å². The van der Waals surface area contributed by atoms with Crippen LogP contribution in [0.2, 0.25) is 0 Å². The minimum Gasteiger partial charge on any atom is -0.321 e. The number of amides is 1. The number of anilines is 1. The van der Waals surface area contributed by atoms with Crippen molar-refractivity contribution in [3.63, 3.8) is 0 Å². The lowest BCUT2D eigenvalue weighted by molar-refractivity contribution is 0.101. The van der Waals surface area contributed by atoms with Crippen LogP contribution in [-0.4, -0.2) is 16.7 Å². The second kappa shape index (κ2) is 7.22. The van der Waals surface area contributed by atoms with E-state index in [2.05, 4.69) is 10.3 Å².